The van der Waals surface area contributed by atoms with E-state index in [1.807, 2.05) is 0 Å². The van der Waals surface area contributed by atoms with Crippen molar-refractivity contribution < 1.29 is 22.7 Å². The van der Waals surface area contributed by atoms with Gasteiger partial charge in [-0.3, -0.25) is 4.79 Å². The second-order valence-corrected chi connectivity index (χ2v) is 4.10. The molecular weight excluding hydrogens is 267 g/mol. The van der Waals surface area contributed by atoms with Crippen LogP contribution in [0.1, 0.15) is 10.5 Å². The van der Waals surface area contributed by atoms with Crippen LogP contribution >= 0.6 is 11.3 Å². The van der Waals surface area contributed by atoms with Crippen LogP contribution < -0.4 is 4.74 Å². The molecule has 0 fully saturated rings. The van der Waals surface area contributed by atoms with E-state index in [9.17, 15) is 18.0 Å². The molecule has 1 aromatic carbocycles. The summed E-state index contributed by atoms with van der Waals surface area (Å²) in [4.78, 5) is 14.4. The lowest BCUT2D eigenvalue weighted by atomic mass is 10.2. The van der Waals surface area contributed by atoms with Gasteiger partial charge in [-0.05, 0) is 12.1 Å². The largest absolute Gasteiger partial charge is 0.573 e. The van der Waals surface area contributed by atoms with Gasteiger partial charge in [-0.2, -0.15) is 0 Å². The Bertz CT molecular complexity index is 565. The molecular formula is C11H6F3NO2S. The van der Waals surface area contributed by atoms with Crippen LogP contribution in [0.5, 0.6) is 5.75 Å². The molecule has 0 saturated carbocycles. The number of carbonyl (C=O) groups excluding carboxylic acids is 1. The third kappa shape index (κ3) is 2.86. The molecule has 2 rings (SSSR count). The Kier molecular flexibility index (Phi) is 3.33. The summed E-state index contributed by atoms with van der Waals surface area (Å²) in [6.07, 6.45) is -4.23. The summed E-state index contributed by atoms with van der Waals surface area (Å²) in [7, 11) is 0. The summed E-state index contributed by atoms with van der Waals surface area (Å²) in [5.41, 5.74) is 0.379. The molecule has 0 bridgehead atoms. The van der Waals surface area contributed by atoms with Gasteiger partial charge in [0, 0.05) is 5.38 Å². The third-order valence-corrected chi connectivity index (χ3v) is 2.88. The SMILES string of the molecule is O=Cc1csc(-c2ccccc2OC(F)(F)F)n1. The molecule has 0 aliphatic rings. The van der Waals surface area contributed by atoms with E-state index in [4.69, 9.17) is 0 Å². The Labute approximate surface area is 104 Å². The molecule has 0 atom stereocenters. The number of nitrogens with zero attached hydrogens (tertiary/aromatic N) is 1. The molecule has 0 amide bonds. The number of ether oxygens (including phenoxy) is 1. The summed E-state index contributed by atoms with van der Waals surface area (Å²) >= 11 is 1.08. The minimum atomic E-state index is -4.76. The van der Waals surface area contributed by atoms with E-state index in [1.54, 1.807) is 6.07 Å². The minimum Gasteiger partial charge on any atom is -0.405 e. The fourth-order valence-electron chi connectivity index (χ4n) is 1.32. The van der Waals surface area contributed by atoms with Crippen molar-refractivity contribution in [2.24, 2.45) is 0 Å². The normalized spacial score (nSPS) is 11.3. The molecule has 0 unspecified atom stereocenters. The Morgan fingerprint density at radius 1 is 1.28 bits per heavy atom. The fraction of sp³-hybridized carbons (Fsp3) is 0.0909. The van der Waals surface area contributed by atoms with Crippen molar-refractivity contribution in [2.75, 3.05) is 0 Å². The van der Waals surface area contributed by atoms with Crippen molar-refractivity contribution >= 4 is 17.6 Å². The standard InChI is InChI=1S/C11H6F3NO2S/c12-11(13,14)17-9-4-2-1-3-8(9)10-15-7(5-16)6-18-10/h1-6H. The molecule has 3 nitrogen and oxygen atoms in total. The van der Waals surface area contributed by atoms with Gasteiger partial charge in [0.1, 0.15) is 16.5 Å². The predicted octanol–water partition coefficient (Wildman–Crippen LogP) is 3.52. The topological polar surface area (TPSA) is 39.2 Å². The van der Waals surface area contributed by atoms with Gasteiger partial charge in [0.15, 0.2) is 6.29 Å². The molecule has 0 aliphatic heterocycles. The summed E-state index contributed by atoms with van der Waals surface area (Å²) in [6, 6.07) is 5.65. The van der Waals surface area contributed by atoms with Crippen molar-refractivity contribution in [2.45, 2.75) is 6.36 Å². The van der Waals surface area contributed by atoms with Crippen molar-refractivity contribution in [3.8, 4) is 16.3 Å². The predicted molar refractivity (Wildman–Crippen MR) is 59.6 cm³/mol. The average Bonchev–Trinajstić information content (AvgIpc) is 2.76. The number of thiazole rings is 1. The lowest BCUT2D eigenvalue weighted by Gasteiger charge is -2.11. The van der Waals surface area contributed by atoms with Crippen LogP contribution in [-0.2, 0) is 0 Å². The van der Waals surface area contributed by atoms with Gasteiger partial charge in [0.25, 0.3) is 0 Å². The highest BCUT2D eigenvalue weighted by atomic mass is 32.1. The zero-order valence-corrected chi connectivity index (χ0v) is 9.59. The van der Waals surface area contributed by atoms with E-state index >= 15 is 0 Å². The second kappa shape index (κ2) is 4.77. The van der Waals surface area contributed by atoms with Crippen LogP contribution in [0.4, 0.5) is 13.2 Å². The zero-order chi connectivity index (χ0) is 13.2. The van der Waals surface area contributed by atoms with E-state index < -0.39 is 6.36 Å². The average molecular weight is 273 g/mol. The summed E-state index contributed by atoms with van der Waals surface area (Å²) < 4.78 is 40.5. The van der Waals surface area contributed by atoms with Gasteiger partial charge in [-0.25, -0.2) is 4.98 Å². The monoisotopic (exact) mass is 273 g/mol. The maximum atomic E-state index is 12.2. The first-order valence-corrected chi connectivity index (χ1v) is 5.63. The van der Waals surface area contributed by atoms with Crippen molar-refractivity contribution in [3.05, 3.63) is 35.3 Å². The Hall–Kier alpha value is -1.89. The number of rotatable bonds is 3. The quantitative estimate of drug-likeness (QED) is 0.803. The molecule has 0 radical (unpaired) electrons. The maximum Gasteiger partial charge on any atom is 0.573 e. The Balaban J connectivity index is 2.41. The first kappa shape index (κ1) is 12.6. The molecule has 1 heterocycles. The summed E-state index contributed by atoms with van der Waals surface area (Å²) in [6.45, 7) is 0. The molecule has 0 saturated heterocycles. The number of hydrogen-bond acceptors (Lipinski definition) is 4. The lowest BCUT2D eigenvalue weighted by Crippen LogP contribution is -2.17. The number of carbonyl (C=O) groups is 1. The van der Waals surface area contributed by atoms with E-state index in [0.717, 1.165) is 11.3 Å². The van der Waals surface area contributed by atoms with Crippen molar-refractivity contribution in [1.29, 1.82) is 0 Å². The number of alkyl halides is 3. The number of aldehydes is 1. The molecule has 0 N–H and O–H groups in total. The highest BCUT2D eigenvalue weighted by Crippen LogP contribution is 2.34. The van der Waals surface area contributed by atoms with Crippen LogP contribution in [0.25, 0.3) is 10.6 Å². The van der Waals surface area contributed by atoms with Gasteiger partial charge in [-0.15, -0.1) is 24.5 Å². The molecule has 18 heavy (non-hydrogen) atoms. The van der Waals surface area contributed by atoms with Crippen LogP contribution in [0.2, 0.25) is 0 Å². The van der Waals surface area contributed by atoms with Crippen LogP contribution in [0, 0.1) is 0 Å². The first-order valence-electron chi connectivity index (χ1n) is 4.75. The van der Waals surface area contributed by atoms with Gasteiger partial charge in [0.05, 0.1) is 5.56 Å². The third-order valence-electron chi connectivity index (χ3n) is 1.99. The molecule has 2 aromatic rings. The number of hydrogen-bond donors (Lipinski definition) is 0. The van der Waals surface area contributed by atoms with Crippen molar-refractivity contribution in [3.63, 3.8) is 0 Å². The highest BCUT2D eigenvalue weighted by molar-refractivity contribution is 7.13. The fourth-order valence-corrected chi connectivity index (χ4v) is 2.12. The lowest BCUT2D eigenvalue weighted by molar-refractivity contribution is -0.274. The number of halogens is 3. The van der Waals surface area contributed by atoms with Crippen molar-refractivity contribution in [1.82, 2.24) is 4.98 Å². The molecule has 0 spiro atoms. The number of benzene rings is 1. The second-order valence-electron chi connectivity index (χ2n) is 3.24. The zero-order valence-electron chi connectivity index (χ0n) is 8.77. The number of para-hydroxylation sites is 1. The molecule has 94 valence electrons. The van der Waals surface area contributed by atoms with E-state index in [-0.39, 0.29) is 17.0 Å². The summed E-state index contributed by atoms with van der Waals surface area (Å²) in [5.74, 6) is -0.336. The molecule has 7 heteroatoms. The van der Waals surface area contributed by atoms with E-state index in [1.165, 1.54) is 23.6 Å². The van der Waals surface area contributed by atoms with Crippen LogP contribution in [0.3, 0.4) is 0 Å². The smallest absolute Gasteiger partial charge is 0.405 e. The highest BCUT2D eigenvalue weighted by Gasteiger charge is 2.32. The van der Waals surface area contributed by atoms with Crippen LogP contribution in [0.15, 0.2) is 29.6 Å². The Morgan fingerprint density at radius 3 is 2.61 bits per heavy atom. The molecule has 1 aromatic heterocycles. The van der Waals surface area contributed by atoms with Crippen LogP contribution in [-0.4, -0.2) is 17.6 Å². The van der Waals surface area contributed by atoms with Gasteiger partial charge in [0.2, 0.25) is 0 Å². The minimum absolute atomic E-state index is 0.178. The maximum absolute atomic E-state index is 12.2. The van der Waals surface area contributed by atoms with Gasteiger partial charge < -0.3 is 4.74 Å². The van der Waals surface area contributed by atoms with Gasteiger partial charge in [-0.1, -0.05) is 12.1 Å². The first-order chi connectivity index (χ1) is 8.49. The van der Waals surface area contributed by atoms with Gasteiger partial charge >= 0.3 is 6.36 Å². The molecule has 0 aliphatic carbocycles. The summed E-state index contributed by atoms with van der Waals surface area (Å²) in [5, 5.41) is 1.77. The van der Waals surface area contributed by atoms with E-state index in [2.05, 4.69) is 9.72 Å². The van der Waals surface area contributed by atoms with E-state index in [0.29, 0.717) is 11.3 Å². The Morgan fingerprint density at radius 2 is 2.00 bits per heavy atom. The number of aromatic nitrogens is 1.